The van der Waals surface area contributed by atoms with Crippen molar-refractivity contribution in [2.45, 2.75) is 69.6 Å². The maximum atomic E-state index is 12.9. The molecule has 1 spiro atoms. The Morgan fingerprint density at radius 1 is 1.03 bits per heavy atom. The molecule has 6 rings (SSSR count). The molecule has 1 aromatic carbocycles. The third kappa shape index (κ3) is 3.53. The van der Waals surface area contributed by atoms with Crippen molar-refractivity contribution in [1.82, 2.24) is 5.16 Å². The third-order valence-corrected chi connectivity index (χ3v) is 7.42. The van der Waals surface area contributed by atoms with Gasteiger partial charge < -0.3 is 23.5 Å². The number of halogens is 2. The Morgan fingerprint density at radius 3 is 2.44 bits per heavy atom. The highest BCUT2D eigenvalue weighted by Crippen LogP contribution is 2.54. The third-order valence-electron chi connectivity index (χ3n) is 7.42. The number of alkyl halides is 2. The number of hydrogen-bond donors (Lipinski definition) is 0. The predicted octanol–water partition coefficient (Wildman–Crippen LogP) is 5.27. The van der Waals surface area contributed by atoms with E-state index in [-0.39, 0.29) is 11.9 Å². The number of rotatable bonds is 7. The molecular formula is C24H27F2NO5. The first-order valence-corrected chi connectivity index (χ1v) is 11.6. The van der Waals surface area contributed by atoms with Crippen LogP contribution in [0.25, 0.3) is 11.3 Å². The van der Waals surface area contributed by atoms with Crippen LogP contribution in [0.15, 0.2) is 28.8 Å². The van der Waals surface area contributed by atoms with Crippen LogP contribution in [0.3, 0.4) is 0 Å². The molecule has 2 bridgehead atoms. The molecule has 3 saturated carbocycles. The summed E-state index contributed by atoms with van der Waals surface area (Å²) in [6.07, 6.45) is 6.21. The van der Waals surface area contributed by atoms with E-state index in [4.69, 9.17) is 23.5 Å². The second-order valence-electron chi connectivity index (χ2n) is 9.32. The molecule has 4 aliphatic rings. The van der Waals surface area contributed by atoms with E-state index in [0.29, 0.717) is 48.8 Å². The van der Waals surface area contributed by atoms with E-state index in [1.807, 2.05) is 0 Å². The number of nitrogens with zero attached hydrogens (tertiary/aromatic N) is 1. The van der Waals surface area contributed by atoms with E-state index in [9.17, 15) is 8.78 Å². The van der Waals surface area contributed by atoms with Crippen LogP contribution in [-0.2, 0) is 20.8 Å². The van der Waals surface area contributed by atoms with Crippen molar-refractivity contribution >= 4 is 0 Å². The molecule has 8 heteroatoms. The van der Waals surface area contributed by atoms with Crippen LogP contribution in [0, 0.1) is 11.8 Å². The minimum absolute atomic E-state index is 0.0904. The Morgan fingerprint density at radius 2 is 1.75 bits per heavy atom. The lowest BCUT2D eigenvalue weighted by atomic mass is 9.81. The Balaban J connectivity index is 1.23. The maximum absolute atomic E-state index is 12.9. The predicted molar refractivity (Wildman–Crippen MR) is 109 cm³/mol. The summed E-state index contributed by atoms with van der Waals surface area (Å²) in [6, 6.07) is 6.70. The Hall–Kier alpha value is -2.03. The molecule has 32 heavy (non-hydrogen) atoms. The van der Waals surface area contributed by atoms with E-state index in [2.05, 4.69) is 5.16 Å². The molecule has 172 valence electrons. The zero-order valence-corrected chi connectivity index (χ0v) is 17.8. The normalized spacial score (nSPS) is 28.7. The Bertz CT molecular complexity index is 953. The fraction of sp³-hybridized carbons (Fsp3) is 0.625. The molecule has 3 atom stereocenters. The van der Waals surface area contributed by atoms with Crippen LogP contribution < -0.4 is 4.74 Å². The van der Waals surface area contributed by atoms with Gasteiger partial charge in [0.05, 0.1) is 25.9 Å². The topological polar surface area (TPSA) is 63.0 Å². The number of ether oxygens (including phenoxy) is 4. The molecular weight excluding hydrogens is 420 g/mol. The van der Waals surface area contributed by atoms with Gasteiger partial charge in [-0.2, -0.15) is 8.78 Å². The standard InChI is InChI=1S/C24H27F2NO5/c25-23(26)31-20-4-2-1-3-18(20)21-19(22(32-27-21)14-5-6-14)13-28-17-11-15-7-8-16(12-17)24(15)29-9-10-30-24/h1-4,14-17,23H,5-13H2/t15-,16+,17?. The Kier molecular flexibility index (Phi) is 5.19. The van der Waals surface area contributed by atoms with E-state index in [1.165, 1.54) is 6.07 Å². The van der Waals surface area contributed by atoms with Crippen molar-refractivity contribution in [3.63, 3.8) is 0 Å². The lowest BCUT2D eigenvalue weighted by Gasteiger charge is -2.41. The van der Waals surface area contributed by atoms with Gasteiger partial charge in [-0.25, -0.2) is 0 Å². The average Bonchev–Trinajstić information content (AvgIpc) is 3.32. The second-order valence-corrected chi connectivity index (χ2v) is 9.32. The molecule has 6 nitrogen and oxygen atoms in total. The van der Waals surface area contributed by atoms with E-state index in [0.717, 1.165) is 49.8 Å². The van der Waals surface area contributed by atoms with Crippen molar-refractivity contribution in [1.29, 1.82) is 0 Å². The molecule has 1 aromatic heterocycles. The molecule has 0 N–H and O–H groups in total. The summed E-state index contributed by atoms with van der Waals surface area (Å²) < 4.78 is 54.9. The summed E-state index contributed by atoms with van der Waals surface area (Å²) in [5.74, 6) is 1.55. The van der Waals surface area contributed by atoms with Crippen molar-refractivity contribution < 1.29 is 32.3 Å². The van der Waals surface area contributed by atoms with E-state index < -0.39 is 12.4 Å². The van der Waals surface area contributed by atoms with E-state index >= 15 is 0 Å². The van der Waals surface area contributed by atoms with Gasteiger partial charge in [-0.15, -0.1) is 0 Å². The van der Waals surface area contributed by atoms with Gasteiger partial charge in [0, 0.05) is 28.9 Å². The number of aromatic nitrogens is 1. The van der Waals surface area contributed by atoms with Gasteiger partial charge in [0.25, 0.3) is 0 Å². The summed E-state index contributed by atoms with van der Waals surface area (Å²) in [5, 5.41) is 4.26. The molecule has 4 fully saturated rings. The number of para-hydroxylation sites is 1. The smallest absolute Gasteiger partial charge is 0.387 e. The highest BCUT2D eigenvalue weighted by Gasteiger charge is 2.58. The number of hydrogen-bond acceptors (Lipinski definition) is 6. The van der Waals surface area contributed by atoms with Crippen LogP contribution >= 0.6 is 0 Å². The van der Waals surface area contributed by atoms with Crippen LogP contribution in [0.1, 0.15) is 55.8 Å². The van der Waals surface area contributed by atoms with Crippen molar-refractivity contribution in [3.05, 3.63) is 35.6 Å². The zero-order valence-electron chi connectivity index (χ0n) is 17.8. The lowest BCUT2D eigenvalue weighted by Crippen LogP contribution is -2.47. The van der Waals surface area contributed by atoms with Crippen molar-refractivity contribution in [2.24, 2.45) is 11.8 Å². The minimum atomic E-state index is -2.91. The summed E-state index contributed by atoms with van der Waals surface area (Å²) in [4.78, 5) is 0. The van der Waals surface area contributed by atoms with Gasteiger partial charge in [0.15, 0.2) is 5.79 Å². The van der Waals surface area contributed by atoms with Gasteiger partial charge in [0.2, 0.25) is 0 Å². The van der Waals surface area contributed by atoms with Crippen molar-refractivity contribution in [2.75, 3.05) is 13.2 Å². The average molecular weight is 447 g/mol. The summed E-state index contributed by atoms with van der Waals surface area (Å²) in [7, 11) is 0. The molecule has 2 aromatic rings. The fourth-order valence-electron chi connectivity index (χ4n) is 5.89. The minimum Gasteiger partial charge on any atom is -0.434 e. The van der Waals surface area contributed by atoms with Crippen molar-refractivity contribution in [3.8, 4) is 17.0 Å². The van der Waals surface area contributed by atoms with Crippen LogP contribution in [-0.4, -0.2) is 36.9 Å². The van der Waals surface area contributed by atoms with Gasteiger partial charge in [0.1, 0.15) is 17.2 Å². The van der Waals surface area contributed by atoms with Gasteiger partial charge in [-0.05, 0) is 50.7 Å². The first kappa shape index (κ1) is 20.6. The quantitative estimate of drug-likeness (QED) is 0.576. The molecule has 1 saturated heterocycles. The SMILES string of the molecule is FC(F)Oc1ccccc1-c1noc(C2CC2)c1COC1C[C@H]2CC[C@@H](C1)C21OCCO1. The highest BCUT2D eigenvalue weighted by molar-refractivity contribution is 5.70. The first-order valence-electron chi connectivity index (χ1n) is 11.6. The fourth-order valence-corrected chi connectivity index (χ4v) is 5.89. The molecule has 2 heterocycles. The van der Waals surface area contributed by atoms with Crippen LogP contribution in [0.5, 0.6) is 5.75 Å². The molecule has 3 aliphatic carbocycles. The highest BCUT2D eigenvalue weighted by atomic mass is 19.3. The van der Waals surface area contributed by atoms with E-state index in [1.54, 1.807) is 18.2 Å². The van der Waals surface area contributed by atoms with Crippen LogP contribution in [0.2, 0.25) is 0 Å². The van der Waals surface area contributed by atoms with Crippen LogP contribution in [0.4, 0.5) is 8.78 Å². The monoisotopic (exact) mass is 447 g/mol. The van der Waals surface area contributed by atoms with Gasteiger partial charge in [-0.3, -0.25) is 0 Å². The summed E-state index contributed by atoms with van der Waals surface area (Å²) in [5.41, 5.74) is 1.87. The molecule has 0 radical (unpaired) electrons. The number of benzene rings is 1. The lowest BCUT2D eigenvalue weighted by molar-refractivity contribution is -0.238. The summed E-state index contributed by atoms with van der Waals surface area (Å²) >= 11 is 0. The maximum Gasteiger partial charge on any atom is 0.387 e. The first-order chi connectivity index (χ1) is 15.6. The van der Waals surface area contributed by atoms with Gasteiger partial charge in [-0.1, -0.05) is 17.3 Å². The molecule has 0 amide bonds. The largest absolute Gasteiger partial charge is 0.434 e. The molecule has 1 unspecified atom stereocenters. The molecule has 1 aliphatic heterocycles. The Labute approximate surface area is 185 Å². The second kappa shape index (κ2) is 8.08. The zero-order chi connectivity index (χ0) is 21.7. The van der Waals surface area contributed by atoms with Gasteiger partial charge >= 0.3 is 6.61 Å². The summed E-state index contributed by atoms with van der Waals surface area (Å²) in [6.45, 7) is -1.22.